The van der Waals surface area contributed by atoms with Crippen LogP contribution in [0.4, 0.5) is 0 Å². The topological polar surface area (TPSA) is 43.4 Å². The van der Waals surface area contributed by atoms with Crippen LogP contribution in [0.25, 0.3) is 0 Å². The predicted octanol–water partition coefficient (Wildman–Crippen LogP) is 3.37. The Morgan fingerprint density at radius 2 is 1.72 bits per heavy atom. The van der Waals surface area contributed by atoms with E-state index in [4.69, 9.17) is 16.3 Å². The Morgan fingerprint density at radius 1 is 1.06 bits per heavy atom. The number of carbonyl (C=O) groups is 2. The Labute approximate surface area is 109 Å². The largest absolute Gasteiger partial charge is 0.422 e. The number of rotatable bonds is 3. The van der Waals surface area contributed by atoms with Gasteiger partial charge in [-0.05, 0) is 36.4 Å². The van der Waals surface area contributed by atoms with Crippen molar-refractivity contribution < 1.29 is 14.3 Å². The van der Waals surface area contributed by atoms with Crippen molar-refractivity contribution in [2.45, 2.75) is 0 Å². The highest BCUT2D eigenvalue weighted by atomic mass is 35.5. The highest BCUT2D eigenvalue weighted by Crippen LogP contribution is 2.18. The molecule has 0 saturated carbocycles. The highest BCUT2D eigenvalue weighted by Gasteiger charge is 2.10. The van der Waals surface area contributed by atoms with Gasteiger partial charge in [-0.15, -0.1) is 0 Å². The summed E-state index contributed by atoms with van der Waals surface area (Å²) in [6, 6.07) is 12.9. The van der Waals surface area contributed by atoms with Crippen LogP contribution in [-0.4, -0.2) is 12.3 Å². The fourth-order valence-electron chi connectivity index (χ4n) is 1.42. The Kier molecular flexibility index (Phi) is 3.75. The molecule has 0 N–H and O–H groups in total. The number of benzene rings is 2. The van der Waals surface area contributed by atoms with E-state index in [1.165, 1.54) is 0 Å². The second-order valence-corrected chi connectivity index (χ2v) is 3.99. The average Bonchev–Trinajstić information content (AvgIpc) is 2.40. The van der Waals surface area contributed by atoms with Crippen LogP contribution in [-0.2, 0) is 0 Å². The molecule has 0 aliphatic heterocycles. The van der Waals surface area contributed by atoms with Gasteiger partial charge in [0.25, 0.3) is 0 Å². The van der Waals surface area contributed by atoms with Gasteiger partial charge in [0.05, 0.1) is 11.1 Å². The molecule has 4 heteroatoms. The maximum absolute atomic E-state index is 11.8. The van der Waals surface area contributed by atoms with E-state index in [-0.39, 0.29) is 5.75 Å². The first-order valence-corrected chi connectivity index (χ1v) is 5.60. The van der Waals surface area contributed by atoms with Gasteiger partial charge in [0.15, 0.2) is 6.29 Å². The predicted molar refractivity (Wildman–Crippen MR) is 68.2 cm³/mol. The molecule has 0 heterocycles. The van der Waals surface area contributed by atoms with Crippen molar-refractivity contribution in [3.05, 3.63) is 64.7 Å². The van der Waals surface area contributed by atoms with Gasteiger partial charge in [-0.1, -0.05) is 23.7 Å². The van der Waals surface area contributed by atoms with Crippen LogP contribution in [0, 0.1) is 0 Å². The Hall–Kier alpha value is -2.13. The molecule has 0 aliphatic rings. The first kappa shape index (κ1) is 12.3. The van der Waals surface area contributed by atoms with Crippen LogP contribution in [0.5, 0.6) is 5.75 Å². The minimum absolute atomic E-state index is 0.243. The third kappa shape index (κ3) is 2.76. The zero-order valence-electron chi connectivity index (χ0n) is 9.30. The summed E-state index contributed by atoms with van der Waals surface area (Å²) in [7, 11) is 0. The molecule has 0 bridgehead atoms. The average molecular weight is 261 g/mol. The smallest absolute Gasteiger partial charge is 0.343 e. The van der Waals surface area contributed by atoms with Gasteiger partial charge in [-0.25, -0.2) is 4.79 Å². The van der Waals surface area contributed by atoms with E-state index < -0.39 is 5.97 Å². The van der Waals surface area contributed by atoms with Crippen LogP contribution in [0.3, 0.4) is 0 Å². The normalized spacial score (nSPS) is 9.83. The van der Waals surface area contributed by atoms with Crippen molar-refractivity contribution in [3.8, 4) is 5.75 Å². The first-order chi connectivity index (χ1) is 8.70. The van der Waals surface area contributed by atoms with Gasteiger partial charge < -0.3 is 4.74 Å². The van der Waals surface area contributed by atoms with Gasteiger partial charge in [0.1, 0.15) is 5.75 Å². The van der Waals surface area contributed by atoms with Gasteiger partial charge in [0.2, 0.25) is 0 Å². The summed E-state index contributed by atoms with van der Waals surface area (Å²) in [6.45, 7) is 0. The van der Waals surface area contributed by atoms with Crippen molar-refractivity contribution in [2.75, 3.05) is 0 Å². The lowest BCUT2D eigenvalue weighted by Gasteiger charge is -2.06. The third-order valence-corrected chi connectivity index (χ3v) is 2.58. The third-order valence-electron chi connectivity index (χ3n) is 2.33. The molecular weight excluding hydrogens is 252 g/mol. The molecule has 2 aromatic rings. The molecule has 0 radical (unpaired) electrons. The number of aldehydes is 1. The number of hydrogen-bond donors (Lipinski definition) is 0. The summed E-state index contributed by atoms with van der Waals surface area (Å²) >= 11 is 5.73. The zero-order valence-corrected chi connectivity index (χ0v) is 10.1. The zero-order chi connectivity index (χ0) is 13.0. The lowest BCUT2D eigenvalue weighted by Crippen LogP contribution is -2.09. The van der Waals surface area contributed by atoms with Crippen LogP contribution < -0.4 is 4.74 Å². The van der Waals surface area contributed by atoms with Gasteiger partial charge in [-0.3, -0.25) is 4.79 Å². The SMILES string of the molecule is O=Cc1ccccc1OC(=O)c1ccc(Cl)cc1. The number of ether oxygens (including phenoxy) is 1. The van der Waals surface area contributed by atoms with Gasteiger partial charge in [-0.2, -0.15) is 0 Å². The maximum atomic E-state index is 11.8. The number of para-hydroxylation sites is 1. The summed E-state index contributed by atoms with van der Waals surface area (Å²) in [5, 5.41) is 0.542. The van der Waals surface area contributed by atoms with E-state index in [1.54, 1.807) is 48.5 Å². The number of hydrogen-bond acceptors (Lipinski definition) is 3. The minimum atomic E-state index is -0.527. The monoisotopic (exact) mass is 260 g/mol. The summed E-state index contributed by atoms with van der Waals surface area (Å²) in [6.07, 6.45) is 0.643. The molecule has 2 aromatic carbocycles. The molecule has 0 saturated heterocycles. The molecule has 0 aliphatic carbocycles. The van der Waals surface area contributed by atoms with Crippen LogP contribution in [0.2, 0.25) is 5.02 Å². The molecule has 90 valence electrons. The summed E-state index contributed by atoms with van der Waals surface area (Å²) in [4.78, 5) is 22.6. The van der Waals surface area contributed by atoms with Crippen molar-refractivity contribution >= 4 is 23.9 Å². The van der Waals surface area contributed by atoms with E-state index in [1.807, 2.05) is 0 Å². The van der Waals surface area contributed by atoms with E-state index in [0.717, 1.165) is 0 Å². The summed E-state index contributed by atoms with van der Waals surface area (Å²) in [5.74, 6) is -0.284. The van der Waals surface area contributed by atoms with Crippen LogP contribution >= 0.6 is 11.6 Å². The molecular formula is C14H9ClO3. The molecule has 18 heavy (non-hydrogen) atoms. The lowest BCUT2D eigenvalue weighted by molar-refractivity contribution is 0.0733. The summed E-state index contributed by atoms with van der Waals surface area (Å²) < 4.78 is 5.15. The number of halogens is 1. The van der Waals surface area contributed by atoms with Gasteiger partial charge in [0, 0.05) is 5.02 Å². The number of esters is 1. The van der Waals surface area contributed by atoms with Crippen LogP contribution in [0.15, 0.2) is 48.5 Å². The molecule has 0 fully saturated rings. The fraction of sp³-hybridized carbons (Fsp3) is 0. The van der Waals surface area contributed by atoms with E-state index in [0.29, 0.717) is 22.4 Å². The summed E-state index contributed by atoms with van der Waals surface area (Å²) in [5.41, 5.74) is 0.708. The van der Waals surface area contributed by atoms with Crippen molar-refractivity contribution in [1.29, 1.82) is 0 Å². The Balaban J connectivity index is 2.21. The first-order valence-electron chi connectivity index (χ1n) is 5.22. The molecule has 2 rings (SSSR count). The van der Waals surface area contributed by atoms with Crippen molar-refractivity contribution in [2.24, 2.45) is 0 Å². The molecule has 0 unspecified atom stereocenters. The van der Waals surface area contributed by atoms with Gasteiger partial charge >= 0.3 is 5.97 Å². The molecule has 0 spiro atoms. The molecule has 0 atom stereocenters. The van der Waals surface area contributed by atoms with Crippen LogP contribution in [0.1, 0.15) is 20.7 Å². The number of carbonyl (C=O) groups excluding carboxylic acids is 2. The van der Waals surface area contributed by atoms with E-state index >= 15 is 0 Å². The molecule has 3 nitrogen and oxygen atoms in total. The van der Waals surface area contributed by atoms with E-state index in [9.17, 15) is 9.59 Å². The standard InChI is InChI=1S/C14H9ClO3/c15-12-7-5-10(6-8-12)14(17)18-13-4-2-1-3-11(13)9-16/h1-9H. The molecule has 0 aromatic heterocycles. The second kappa shape index (κ2) is 5.47. The quantitative estimate of drug-likeness (QED) is 0.483. The maximum Gasteiger partial charge on any atom is 0.343 e. The highest BCUT2D eigenvalue weighted by molar-refractivity contribution is 6.30. The fourth-order valence-corrected chi connectivity index (χ4v) is 1.54. The Bertz CT molecular complexity index is 576. The van der Waals surface area contributed by atoms with Crippen molar-refractivity contribution in [1.82, 2.24) is 0 Å². The minimum Gasteiger partial charge on any atom is -0.422 e. The lowest BCUT2D eigenvalue weighted by atomic mass is 10.2. The second-order valence-electron chi connectivity index (χ2n) is 3.55. The Morgan fingerprint density at radius 3 is 2.39 bits per heavy atom. The van der Waals surface area contributed by atoms with E-state index in [2.05, 4.69) is 0 Å². The van der Waals surface area contributed by atoms with Crippen molar-refractivity contribution in [3.63, 3.8) is 0 Å². The molecule has 0 amide bonds.